The molecule has 1 aliphatic rings. The topological polar surface area (TPSA) is 118 Å². The van der Waals surface area contributed by atoms with Crippen LogP contribution >= 0.6 is 11.3 Å². The predicted molar refractivity (Wildman–Crippen MR) is 88.3 cm³/mol. The van der Waals surface area contributed by atoms with Crippen LogP contribution in [0.1, 0.15) is 49.0 Å². The summed E-state index contributed by atoms with van der Waals surface area (Å²) in [5, 5.41) is 14.6. The molecule has 0 unspecified atom stereocenters. The van der Waals surface area contributed by atoms with Gasteiger partial charge in [0.2, 0.25) is 5.91 Å². The van der Waals surface area contributed by atoms with Gasteiger partial charge in [-0.3, -0.25) is 4.79 Å². The number of alkyl carbamates (subject to hydrolysis) is 1. The Morgan fingerprint density at radius 1 is 1.29 bits per heavy atom. The Labute approximate surface area is 143 Å². The molecule has 1 aromatic heterocycles. The molecule has 0 aliphatic heterocycles. The predicted octanol–water partition coefficient (Wildman–Crippen LogP) is 2.39. The van der Waals surface area contributed by atoms with Crippen molar-refractivity contribution in [3.63, 3.8) is 0 Å². The number of carboxylic acid groups (broad SMARTS) is 1. The van der Waals surface area contributed by atoms with Crippen LogP contribution in [0.3, 0.4) is 0 Å². The minimum Gasteiger partial charge on any atom is -0.477 e. The zero-order chi connectivity index (χ0) is 18.1. The molecule has 1 fully saturated rings. The van der Waals surface area contributed by atoms with Gasteiger partial charge in [-0.25, -0.2) is 14.6 Å². The van der Waals surface area contributed by atoms with Crippen molar-refractivity contribution in [1.82, 2.24) is 10.3 Å². The number of aryl methyl sites for hydroxylation is 1. The zero-order valence-corrected chi connectivity index (χ0v) is 14.8. The number of anilines is 1. The molecule has 3 N–H and O–H groups in total. The molecule has 2 amide bonds. The Balaban J connectivity index is 1.79. The summed E-state index contributed by atoms with van der Waals surface area (Å²) in [6, 6.07) is -0.0942. The minimum absolute atomic E-state index is 0.0942. The van der Waals surface area contributed by atoms with Crippen molar-refractivity contribution in [2.24, 2.45) is 5.92 Å². The molecule has 8 nitrogen and oxygen atoms in total. The van der Waals surface area contributed by atoms with Gasteiger partial charge >= 0.3 is 12.1 Å². The maximum absolute atomic E-state index is 12.1. The highest BCUT2D eigenvalue weighted by atomic mass is 32.1. The Hall–Kier alpha value is -2.16. The molecular formula is C15H21N3O5S. The van der Waals surface area contributed by atoms with Crippen LogP contribution in [0.2, 0.25) is 0 Å². The summed E-state index contributed by atoms with van der Waals surface area (Å²) >= 11 is 0.933. The van der Waals surface area contributed by atoms with Crippen molar-refractivity contribution in [2.45, 2.75) is 52.2 Å². The summed E-state index contributed by atoms with van der Waals surface area (Å²) in [4.78, 5) is 38.9. The number of carboxylic acids is 1. The van der Waals surface area contributed by atoms with Crippen molar-refractivity contribution in [2.75, 3.05) is 5.32 Å². The first-order valence-electron chi connectivity index (χ1n) is 7.56. The van der Waals surface area contributed by atoms with E-state index in [0.29, 0.717) is 18.5 Å². The molecule has 1 aliphatic carbocycles. The maximum Gasteiger partial charge on any atom is 0.407 e. The van der Waals surface area contributed by atoms with Crippen LogP contribution in [0.5, 0.6) is 0 Å². The average Bonchev–Trinajstić information content (AvgIpc) is 2.71. The monoisotopic (exact) mass is 355 g/mol. The lowest BCUT2D eigenvalue weighted by atomic mass is 9.80. The molecule has 0 bridgehead atoms. The van der Waals surface area contributed by atoms with Crippen molar-refractivity contribution in [3.05, 3.63) is 10.6 Å². The molecule has 1 saturated carbocycles. The Kier molecular flexibility index (Phi) is 5.12. The van der Waals surface area contributed by atoms with Gasteiger partial charge in [-0.05, 0) is 40.5 Å². The number of nitrogens with one attached hydrogen (secondary N) is 2. The highest BCUT2D eigenvalue weighted by molar-refractivity contribution is 7.17. The van der Waals surface area contributed by atoms with E-state index in [4.69, 9.17) is 9.84 Å². The molecule has 0 atom stereocenters. The SMILES string of the molecule is Cc1nc(NC(=O)C2CC(NC(=O)OC(C)(C)C)C2)sc1C(=O)O. The molecule has 9 heteroatoms. The highest BCUT2D eigenvalue weighted by Crippen LogP contribution is 2.30. The van der Waals surface area contributed by atoms with Gasteiger partial charge in [0.15, 0.2) is 5.13 Å². The Morgan fingerprint density at radius 2 is 1.92 bits per heavy atom. The molecule has 0 spiro atoms. The molecule has 0 radical (unpaired) electrons. The molecule has 0 saturated heterocycles. The number of rotatable bonds is 4. The van der Waals surface area contributed by atoms with Crippen LogP contribution in [0.15, 0.2) is 0 Å². The van der Waals surface area contributed by atoms with Crippen LogP contribution < -0.4 is 10.6 Å². The smallest absolute Gasteiger partial charge is 0.407 e. The summed E-state index contributed by atoms with van der Waals surface area (Å²) < 4.78 is 5.16. The number of aromatic carboxylic acids is 1. The van der Waals surface area contributed by atoms with Crippen molar-refractivity contribution in [3.8, 4) is 0 Å². The van der Waals surface area contributed by atoms with E-state index in [0.717, 1.165) is 11.3 Å². The van der Waals surface area contributed by atoms with Gasteiger partial charge in [-0.2, -0.15) is 0 Å². The van der Waals surface area contributed by atoms with Crippen LogP contribution in [-0.2, 0) is 9.53 Å². The number of amides is 2. The standard InChI is InChI=1S/C15H21N3O5S/c1-7-10(12(20)21)24-13(16-7)18-11(19)8-5-9(6-8)17-14(22)23-15(2,3)4/h8-9H,5-6H2,1-4H3,(H,17,22)(H,20,21)(H,16,18,19). The molecule has 24 heavy (non-hydrogen) atoms. The molecule has 0 aromatic carbocycles. The van der Waals surface area contributed by atoms with Gasteiger partial charge in [0.25, 0.3) is 0 Å². The zero-order valence-electron chi connectivity index (χ0n) is 14.0. The lowest BCUT2D eigenvalue weighted by Gasteiger charge is -2.34. The first kappa shape index (κ1) is 18.2. The summed E-state index contributed by atoms with van der Waals surface area (Å²) in [5.74, 6) is -1.51. The summed E-state index contributed by atoms with van der Waals surface area (Å²) in [7, 11) is 0. The second-order valence-electron chi connectivity index (χ2n) is 6.74. The van der Waals surface area contributed by atoms with E-state index in [1.165, 1.54) is 0 Å². The van der Waals surface area contributed by atoms with E-state index < -0.39 is 17.7 Å². The third-order valence-corrected chi connectivity index (χ3v) is 4.51. The number of carbonyl (C=O) groups excluding carboxylic acids is 2. The number of hydrogen-bond donors (Lipinski definition) is 3. The second-order valence-corrected chi connectivity index (χ2v) is 7.74. The molecule has 1 aromatic rings. The number of hydrogen-bond acceptors (Lipinski definition) is 6. The molecule has 132 valence electrons. The van der Waals surface area contributed by atoms with E-state index >= 15 is 0 Å². The van der Waals surface area contributed by atoms with Crippen LogP contribution in [-0.4, -0.2) is 39.7 Å². The summed E-state index contributed by atoms with van der Waals surface area (Å²) in [6.07, 6.45) is 0.538. The highest BCUT2D eigenvalue weighted by Gasteiger charge is 2.36. The maximum atomic E-state index is 12.1. The van der Waals surface area contributed by atoms with Crippen LogP contribution in [0.25, 0.3) is 0 Å². The van der Waals surface area contributed by atoms with Crippen molar-refractivity contribution >= 4 is 34.4 Å². The normalized spacial score (nSPS) is 20.0. The average molecular weight is 355 g/mol. The van der Waals surface area contributed by atoms with Crippen LogP contribution in [0.4, 0.5) is 9.93 Å². The van der Waals surface area contributed by atoms with E-state index in [2.05, 4.69) is 15.6 Å². The second kappa shape index (κ2) is 6.76. The van der Waals surface area contributed by atoms with E-state index in [-0.39, 0.29) is 27.9 Å². The first-order chi connectivity index (χ1) is 11.0. The van der Waals surface area contributed by atoms with Gasteiger partial charge in [-0.15, -0.1) is 0 Å². The molecular weight excluding hydrogens is 334 g/mol. The van der Waals surface area contributed by atoms with E-state index in [1.54, 1.807) is 27.7 Å². The largest absolute Gasteiger partial charge is 0.477 e. The number of ether oxygens (including phenoxy) is 1. The number of nitrogens with zero attached hydrogens (tertiary/aromatic N) is 1. The van der Waals surface area contributed by atoms with Gasteiger partial charge < -0.3 is 20.5 Å². The fraction of sp³-hybridized carbons (Fsp3) is 0.600. The third kappa shape index (κ3) is 4.67. The van der Waals surface area contributed by atoms with Crippen molar-refractivity contribution < 1.29 is 24.2 Å². The van der Waals surface area contributed by atoms with Gasteiger partial charge in [0.05, 0.1) is 5.69 Å². The third-order valence-electron chi connectivity index (χ3n) is 3.45. The van der Waals surface area contributed by atoms with Crippen molar-refractivity contribution in [1.29, 1.82) is 0 Å². The fourth-order valence-electron chi connectivity index (χ4n) is 2.28. The van der Waals surface area contributed by atoms with Gasteiger partial charge in [0.1, 0.15) is 10.5 Å². The molecule has 1 heterocycles. The van der Waals surface area contributed by atoms with Gasteiger partial charge in [0, 0.05) is 12.0 Å². The minimum atomic E-state index is -1.06. The number of thiazole rings is 1. The van der Waals surface area contributed by atoms with Crippen LogP contribution in [0, 0.1) is 12.8 Å². The quantitative estimate of drug-likeness (QED) is 0.763. The summed E-state index contributed by atoms with van der Waals surface area (Å²) in [5.41, 5.74) is -0.185. The lowest BCUT2D eigenvalue weighted by Crippen LogP contribution is -2.49. The lowest BCUT2D eigenvalue weighted by molar-refractivity contribution is -0.123. The number of aromatic nitrogens is 1. The first-order valence-corrected chi connectivity index (χ1v) is 8.38. The Bertz CT molecular complexity index is 659. The van der Waals surface area contributed by atoms with E-state index in [1.807, 2.05) is 0 Å². The number of carbonyl (C=O) groups is 3. The Morgan fingerprint density at radius 3 is 2.42 bits per heavy atom. The molecule has 2 rings (SSSR count). The fourth-order valence-corrected chi connectivity index (χ4v) is 3.09. The summed E-state index contributed by atoms with van der Waals surface area (Å²) in [6.45, 7) is 6.93. The van der Waals surface area contributed by atoms with E-state index in [9.17, 15) is 14.4 Å². The van der Waals surface area contributed by atoms with Gasteiger partial charge in [-0.1, -0.05) is 11.3 Å².